The SMILES string of the molecule is Cc1cc(C(=O)Nc2ccc(F)cc2F)ccc1NN. The van der Waals surface area contributed by atoms with Crippen molar-refractivity contribution in [1.29, 1.82) is 0 Å². The van der Waals surface area contributed by atoms with Crippen LogP contribution in [0, 0.1) is 18.6 Å². The van der Waals surface area contributed by atoms with Crippen LogP contribution in [-0.2, 0) is 0 Å². The molecule has 6 heteroatoms. The zero-order valence-corrected chi connectivity index (χ0v) is 10.7. The Hall–Kier alpha value is -2.47. The van der Waals surface area contributed by atoms with Gasteiger partial charge < -0.3 is 10.7 Å². The van der Waals surface area contributed by atoms with Crippen LogP contribution >= 0.6 is 0 Å². The van der Waals surface area contributed by atoms with Crippen molar-refractivity contribution in [3.8, 4) is 0 Å². The second-order valence-corrected chi connectivity index (χ2v) is 4.25. The van der Waals surface area contributed by atoms with E-state index in [1.807, 2.05) is 0 Å². The standard InChI is InChI=1S/C14H13F2N3O/c1-8-6-9(2-4-12(8)19-17)14(20)18-13-5-3-10(15)7-11(13)16/h2-7,19H,17H2,1H3,(H,18,20). The van der Waals surface area contributed by atoms with E-state index in [2.05, 4.69) is 10.7 Å². The molecule has 2 aromatic rings. The molecular weight excluding hydrogens is 264 g/mol. The number of nitrogens with one attached hydrogen (secondary N) is 2. The van der Waals surface area contributed by atoms with Gasteiger partial charge in [-0.25, -0.2) is 8.78 Å². The minimum Gasteiger partial charge on any atom is -0.324 e. The predicted octanol–water partition coefficient (Wildman–Crippen LogP) is 2.81. The van der Waals surface area contributed by atoms with E-state index in [0.29, 0.717) is 17.3 Å². The summed E-state index contributed by atoms with van der Waals surface area (Å²) in [6, 6.07) is 7.77. The van der Waals surface area contributed by atoms with Crippen molar-refractivity contribution in [1.82, 2.24) is 0 Å². The zero-order chi connectivity index (χ0) is 14.7. The van der Waals surface area contributed by atoms with E-state index in [0.717, 1.165) is 11.6 Å². The maximum absolute atomic E-state index is 13.4. The van der Waals surface area contributed by atoms with Crippen molar-refractivity contribution in [3.63, 3.8) is 0 Å². The third-order valence-corrected chi connectivity index (χ3v) is 2.82. The monoisotopic (exact) mass is 277 g/mol. The first kappa shape index (κ1) is 14.0. The summed E-state index contributed by atoms with van der Waals surface area (Å²) in [5.41, 5.74) is 4.24. The molecule has 2 aromatic carbocycles. The van der Waals surface area contributed by atoms with Gasteiger partial charge in [0.25, 0.3) is 5.91 Å². The lowest BCUT2D eigenvalue weighted by Crippen LogP contribution is -2.14. The molecule has 1 amide bonds. The second-order valence-electron chi connectivity index (χ2n) is 4.25. The number of nitrogen functional groups attached to an aromatic ring is 1. The van der Waals surface area contributed by atoms with Crippen LogP contribution in [0.25, 0.3) is 0 Å². The summed E-state index contributed by atoms with van der Waals surface area (Å²) in [5.74, 6) is 3.29. The molecule has 0 aliphatic heterocycles. The van der Waals surface area contributed by atoms with Gasteiger partial charge in [-0.05, 0) is 42.8 Å². The molecule has 0 unspecified atom stereocenters. The van der Waals surface area contributed by atoms with Crippen LogP contribution in [0.15, 0.2) is 36.4 Å². The van der Waals surface area contributed by atoms with Gasteiger partial charge >= 0.3 is 0 Å². The molecule has 0 bridgehead atoms. The summed E-state index contributed by atoms with van der Waals surface area (Å²) in [5, 5.41) is 2.39. The fraction of sp³-hybridized carbons (Fsp3) is 0.0714. The fourth-order valence-electron chi connectivity index (χ4n) is 1.75. The van der Waals surface area contributed by atoms with E-state index >= 15 is 0 Å². The van der Waals surface area contributed by atoms with Crippen molar-refractivity contribution in [2.24, 2.45) is 5.84 Å². The Labute approximate surface area is 114 Å². The molecule has 0 spiro atoms. The number of rotatable bonds is 3. The van der Waals surface area contributed by atoms with Crippen LogP contribution in [0.3, 0.4) is 0 Å². The molecule has 4 nitrogen and oxygen atoms in total. The van der Waals surface area contributed by atoms with Gasteiger partial charge in [0.15, 0.2) is 0 Å². The van der Waals surface area contributed by atoms with Crippen LogP contribution < -0.4 is 16.6 Å². The number of benzene rings is 2. The molecule has 0 saturated carbocycles. The number of aryl methyl sites for hydroxylation is 1. The van der Waals surface area contributed by atoms with E-state index in [-0.39, 0.29) is 5.69 Å². The van der Waals surface area contributed by atoms with E-state index in [4.69, 9.17) is 5.84 Å². The average Bonchev–Trinajstić information content (AvgIpc) is 2.41. The number of anilines is 2. The lowest BCUT2D eigenvalue weighted by atomic mass is 10.1. The lowest BCUT2D eigenvalue weighted by Gasteiger charge is -2.09. The topological polar surface area (TPSA) is 67.2 Å². The second kappa shape index (κ2) is 5.66. The van der Waals surface area contributed by atoms with Crippen molar-refractivity contribution in [2.45, 2.75) is 6.92 Å². The molecule has 0 aliphatic carbocycles. The summed E-state index contributed by atoms with van der Waals surface area (Å²) in [7, 11) is 0. The van der Waals surface area contributed by atoms with Crippen LogP contribution in [0.5, 0.6) is 0 Å². The van der Waals surface area contributed by atoms with Crippen LogP contribution in [-0.4, -0.2) is 5.91 Å². The molecule has 0 aromatic heterocycles. The highest BCUT2D eigenvalue weighted by Crippen LogP contribution is 2.18. The van der Waals surface area contributed by atoms with Crippen LogP contribution in [0.4, 0.5) is 20.2 Å². The Morgan fingerprint density at radius 1 is 1.10 bits per heavy atom. The van der Waals surface area contributed by atoms with Gasteiger partial charge in [0.05, 0.1) is 11.4 Å². The summed E-state index contributed by atoms with van der Waals surface area (Å²) >= 11 is 0. The molecule has 0 heterocycles. The first-order valence-electron chi connectivity index (χ1n) is 5.85. The van der Waals surface area contributed by atoms with Crippen LogP contribution in [0.1, 0.15) is 15.9 Å². The molecule has 2 rings (SSSR count). The largest absolute Gasteiger partial charge is 0.324 e. The minimum atomic E-state index is -0.824. The van der Waals surface area contributed by atoms with Crippen LogP contribution in [0.2, 0.25) is 0 Å². The molecule has 20 heavy (non-hydrogen) atoms. The number of carbonyl (C=O) groups excluding carboxylic acids is 1. The van der Waals surface area contributed by atoms with Gasteiger partial charge in [-0.2, -0.15) is 0 Å². The van der Waals surface area contributed by atoms with Gasteiger partial charge in [0.2, 0.25) is 0 Å². The molecule has 0 fully saturated rings. The smallest absolute Gasteiger partial charge is 0.255 e. The Morgan fingerprint density at radius 3 is 2.40 bits per heavy atom. The summed E-state index contributed by atoms with van der Waals surface area (Å²) in [6.45, 7) is 1.78. The molecule has 0 saturated heterocycles. The molecular formula is C14H13F2N3O. The Morgan fingerprint density at radius 2 is 1.80 bits per heavy atom. The van der Waals surface area contributed by atoms with E-state index < -0.39 is 17.5 Å². The van der Waals surface area contributed by atoms with E-state index in [1.54, 1.807) is 25.1 Å². The molecule has 0 radical (unpaired) electrons. The van der Waals surface area contributed by atoms with Crippen molar-refractivity contribution < 1.29 is 13.6 Å². The normalized spacial score (nSPS) is 10.2. The summed E-state index contributed by atoms with van der Waals surface area (Å²) < 4.78 is 26.2. The molecule has 104 valence electrons. The summed E-state index contributed by atoms with van der Waals surface area (Å²) in [6.07, 6.45) is 0. The third-order valence-electron chi connectivity index (χ3n) is 2.82. The number of amides is 1. The molecule has 0 aliphatic rings. The van der Waals surface area contributed by atoms with Gasteiger partial charge in [-0.1, -0.05) is 0 Å². The highest BCUT2D eigenvalue weighted by atomic mass is 19.1. The van der Waals surface area contributed by atoms with Gasteiger partial charge in [-0.3, -0.25) is 10.6 Å². The average molecular weight is 277 g/mol. The Bertz CT molecular complexity index is 659. The van der Waals surface area contributed by atoms with Crippen molar-refractivity contribution in [2.75, 3.05) is 10.7 Å². The molecule has 4 N–H and O–H groups in total. The Balaban J connectivity index is 2.21. The maximum Gasteiger partial charge on any atom is 0.255 e. The molecule has 0 atom stereocenters. The van der Waals surface area contributed by atoms with Gasteiger partial charge in [0.1, 0.15) is 11.6 Å². The highest BCUT2D eigenvalue weighted by molar-refractivity contribution is 6.04. The number of carbonyl (C=O) groups is 1. The predicted molar refractivity (Wildman–Crippen MR) is 73.3 cm³/mol. The number of hydrogen-bond acceptors (Lipinski definition) is 3. The fourth-order valence-corrected chi connectivity index (χ4v) is 1.75. The van der Waals surface area contributed by atoms with E-state index in [1.165, 1.54) is 6.07 Å². The quantitative estimate of drug-likeness (QED) is 0.597. The zero-order valence-electron chi connectivity index (χ0n) is 10.7. The highest BCUT2D eigenvalue weighted by Gasteiger charge is 2.11. The van der Waals surface area contributed by atoms with Crippen molar-refractivity contribution >= 4 is 17.3 Å². The number of nitrogens with two attached hydrogens (primary N) is 1. The number of halogens is 2. The minimum absolute atomic E-state index is 0.0740. The Kier molecular flexibility index (Phi) is 3.95. The third kappa shape index (κ3) is 2.92. The number of hydrazine groups is 1. The number of hydrogen-bond donors (Lipinski definition) is 3. The van der Waals surface area contributed by atoms with E-state index in [9.17, 15) is 13.6 Å². The first-order chi connectivity index (χ1) is 9.51. The first-order valence-corrected chi connectivity index (χ1v) is 5.85. The van der Waals surface area contributed by atoms with Crippen molar-refractivity contribution in [3.05, 3.63) is 59.2 Å². The maximum atomic E-state index is 13.4. The lowest BCUT2D eigenvalue weighted by molar-refractivity contribution is 0.102. The summed E-state index contributed by atoms with van der Waals surface area (Å²) in [4.78, 5) is 12.0. The van der Waals surface area contributed by atoms with Gasteiger partial charge in [0, 0.05) is 11.6 Å². The van der Waals surface area contributed by atoms with Gasteiger partial charge in [-0.15, -0.1) is 0 Å².